The zero-order valence-electron chi connectivity index (χ0n) is 10.8. The minimum absolute atomic E-state index is 0.0593. The molecule has 2 heteroatoms. The summed E-state index contributed by atoms with van der Waals surface area (Å²) < 4.78 is 6.15. The van der Waals surface area contributed by atoms with E-state index in [-0.39, 0.29) is 11.7 Å². The van der Waals surface area contributed by atoms with E-state index in [9.17, 15) is 5.11 Å². The first-order chi connectivity index (χ1) is 8.09. The number of hydrogen-bond acceptors (Lipinski definition) is 2. The average Bonchev–Trinajstić information content (AvgIpc) is 2.68. The standard InChI is InChI=1S/C15H22O2/c1-12(17-15(2)9-5-6-10-15)11-13-7-3-4-8-14(13)16/h3-4,7-8,12,16H,5-6,9-11H2,1-2H3. The van der Waals surface area contributed by atoms with Crippen LogP contribution in [0.5, 0.6) is 5.75 Å². The van der Waals surface area contributed by atoms with Crippen LogP contribution in [0.3, 0.4) is 0 Å². The van der Waals surface area contributed by atoms with E-state index < -0.39 is 0 Å². The Morgan fingerprint density at radius 1 is 1.29 bits per heavy atom. The molecule has 1 aliphatic rings. The van der Waals surface area contributed by atoms with Crippen LogP contribution in [-0.4, -0.2) is 16.8 Å². The zero-order chi connectivity index (χ0) is 12.3. The fourth-order valence-corrected chi connectivity index (χ4v) is 2.76. The predicted molar refractivity (Wildman–Crippen MR) is 69.2 cm³/mol. The highest BCUT2D eigenvalue weighted by molar-refractivity contribution is 5.32. The lowest BCUT2D eigenvalue weighted by Gasteiger charge is -2.28. The van der Waals surface area contributed by atoms with E-state index in [1.165, 1.54) is 12.8 Å². The van der Waals surface area contributed by atoms with E-state index >= 15 is 0 Å². The Bertz CT molecular complexity index is 367. The Labute approximate surface area is 104 Å². The van der Waals surface area contributed by atoms with E-state index in [2.05, 4.69) is 13.8 Å². The van der Waals surface area contributed by atoms with Crippen LogP contribution in [0.2, 0.25) is 0 Å². The largest absolute Gasteiger partial charge is 0.508 e. The van der Waals surface area contributed by atoms with Crippen LogP contribution in [0, 0.1) is 0 Å². The quantitative estimate of drug-likeness (QED) is 0.861. The van der Waals surface area contributed by atoms with E-state index in [1.54, 1.807) is 6.07 Å². The fourth-order valence-electron chi connectivity index (χ4n) is 2.76. The van der Waals surface area contributed by atoms with Gasteiger partial charge >= 0.3 is 0 Å². The van der Waals surface area contributed by atoms with Gasteiger partial charge in [-0.2, -0.15) is 0 Å². The molecule has 1 aromatic carbocycles. The Kier molecular flexibility index (Phi) is 3.72. The molecule has 0 bridgehead atoms. The first kappa shape index (κ1) is 12.4. The normalized spacial score (nSPS) is 20.4. The third kappa shape index (κ3) is 3.22. The van der Waals surface area contributed by atoms with Crippen molar-refractivity contribution in [3.05, 3.63) is 29.8 Å². The van der Waals surface area contributed by atoms with Crippen molar-refractivity contribution in [3.8, 4) is 5.75 Å². The molecule has 0 spiro atoms. The van der Waals surface area contributed by atoms with Gasteiger partial charge in [0.05, 0.1) is 11.7 Å². The van der Waals surface area contributed by atoms with Crippen LogP contribution >= 0.6 is 0 Å². The molecule has 0 radical (unpaired) electrons. The monoisotopic (exact) mass is 234 g/mol. The highest BCUT2D eigenvalue weighted by atomic mass is 16.5. The minimum atomic E-state index is 0.0593. The van der Waals surface area contributed by atoms with Gasteiger partial charge in [-0.05, 0) is 38.3 Å². The van der Waals surface area contributed by atoms with Gasteiger partial charge < -0.3 is 9.84 Å². The van der Waals surface area contributed by atoms with Crippen LogP contribution in [-0.2, 0) is 11.2 Å². The second-order valence-electron chi connectivity index (χ2n) is 5.42. The third-order valence-corrected chi connectivity index (χ3v) is 3.65. The number of phenolic OH excluding ortho intramolecular Hbond substituents is 1. The van der Waals surface area contributed by atoms with Gasteiger partial charge in [0.1, 0.15) is 5.75 Å². The van der Waals surface area contributed by atoms with Crippen LogP contribution in [0.4, 0.5) is 0 Å². The molecule has 94 valence electrons. The maximum atomic E-state index is 9.73. The SMILES string of the molecule is CC(Cc1ccccc1O)OC1(C)CCCC1. The molecule has 0 aromatic heterocycles. The summed E-state index contributed by atoms with van der Waals surface area (Å²) in [4.78, 5) is 0. The summed E-state index contributed by atoms with van der Waals surface area (Å²) >= 11 is 0. The summed E-state index contributed by atoms with van der Waals surface area (Å²) in [5.41, 5.74) is 1.03. The van der Waals surface area contributed by atoms with E-state index in [0.717, 1.165) is 24.8 Å². The molecule has 1 saturated carbocycles. The average molecular weight is 234 g/mol. The van der Waals surface area contributed by atoms with E-state index in [1.807, 2.05) is 18.2 Å². The number of benzene rings is 1. The second-order valence-corrected chi connectivity index (χ2v) is 5.42. The first-order valence-electron chi connectivity index (χ1n) is 6.54. The molecule has 0 aliphatic heterocycles. The number of ether oxygens (including phenoxy) is 1. The van der Waals surface area contributed by atoms with Crippen molar-refractivity contribution in [1.29, 1.82) is 0 Å². The van der Waals surface area contributed by atoms with Gasteiger partial charge in [0.15, 0.2) is 0 Å². The molecule has 1 unspecified atom stereocenters. The van der Waals surface area contributed by atoms with Crippen molar-refractivity contribution in [3.63, 3.8) is 0 Å². The Hall–Kier alpha value is -1.02. The molecule has 0 amide bonds. The molecule has 1 fully saturated rings. The number of para-hydroxylation sites is 1. The molecule has 2 nitrogen and oxygen atoms in total. The van der Waals surface area contributed by atoms with Crippen LogP contribution < -0.4 is 0 Å². The summed E-state index contributed by atoms with van der Waals surface area (Å²) in [6.07, 6.45) is 5.82. The smallest absolute Gasteiger partial charge is 0.118 e. The van der Waals surface area contributed by atoms with Crippen molar-refractivity contribution >= 4 is 0 Å². The molecule has 1 aliphatic carbocycles. The summed E-state index contributed by atoms with van der Waals surface area (Å²) in [5, 5.41) is 9.73. The Balaban J connectivity index is 1.93. The predicted octanol–water partition coefficient (Wildman–Crippen LogP) is 3.67. The molecule has 1 aromatic rings. The molecular formula is C15H22O2. The minimum Gasteiger partial charge on any atom is -0.508 e. The molecule has 1 N–H and O–H groups in total. The molecule has 2 rings (SSSR count). The molecule has 17 heavy (non-hydrogen) atoms. The maximum Gasteiger partial charge on any atom is 0.118 e. The first-order valence-corrected chi connectivity index (χ1v) is 6.54. The third-order valence-electron chi connectivity index (χ3n) is 3.65. The maximum absolute atomic E-state index is 9.73. The van der Waals surface area contributed by atoms with Gasteiger partial charge in [0.2, 0.25) is 0 Å². The van der Waals surface area contributed by atoms with Gasteiger partial charge in [0.25, 0.3) is 0 Å². The summed E-state index contributed by atoms with van der Waals surface area (Å²) in [6.45, 7) is 4.30. The number of aromatic hydroxyl groups is 1. The van der Waals surface area contributed by atoms with Crippen molar-refractivity contribution in [2.45, 2.75) is 57.7 Å². The lowest BCUT2D eigenvalue weighted by molar-refractivity contribution is -0.0702. The van der Waals surface area contributed by atoms with Crippen LogP contribution in [0.15, 0.2) is 24.3 Å². The molecule has 0 saturated heterocycles. The van der Waals surface area contributed by atoms with Crippen molar-refractivity contribution in [2.75, 3.05) is 0 Å². The van der Waals surface area contributed by atoms with Gasteiger partial charge in [-0.15, -0.1) is 0 Å². The number of hydrogen-bond donors (Lipinski definition) is 1. The van der Waals surface area contributed by atoms with Crippen LogP contribution in [0.1, 0.15) is 45.1 Å². The number of rotatable bonds is 4. The highest BCUT2D eigenvalue weighted by Gasteiger charge is 2.31. The zero-order valence-corrected chi connectivity index (χ0v) is 10.8. The van der Waals surface area contributed by atoms with Gasteiger partial charge in [0, 0.05) is 6.42 Å². The Morgan fingerprint density at radius 3 is 2.59 bits per heavy atom. The van der Waals surface area contributed by atoms with E-state index in [0.29, 0.717) is 5.75 Å². The second kappa shape index (κ2) is 5.09. The summed E-state index contributed by atoms with van der Waals surface area (Å²) in [5.74, 6) is 0.375. The lowest BCUT2D eigenvalue weighted by Crippen LogP contribution is -2.30. The van der Waals surface area contributed by atoms with Gasteiger partial charge in [-0.25, -0.2) is 0 Å². The van der Waals surface area contributed by atoms with E-state index in [4.69, 9.17) is 4.74 Å². The molecule has 0 heterocycles. The Morgan fingerprint density at radius 2 is 1.94 bits per heavy atom. The van der Waals surface area contributed by atoms with Gasteiger partial charge in [-0.1, -0.05) is 31.0 Å². The highest BCUT2D eigenvalue weighted by Crippen LogP contribution is 2.34. The van der Waals surface area contributed by atoms with Crippen molar-refractivity contribution in [2.24, 2.45) is 0 Å². The fraction of sp³-hybridized carbons (Fsp3) is 0.600. The summed E-state index contributed by atoms with van der Waals surface area (Å²) in [6, 6.07) is 7.51. The van der Waals surface area contributed by atoms with Crippen molar-refractivity contribution < 1.29 is 9.84 Å². The van der Waals surface area contributed by atoms with Crippen LogP contribution in [0.25, 0.3) is 0 Å². The summed E-state index contributed by atoms with van der Waals surface area (Å²) in [7, 11) is 0. The van der Waals surface area contributed by atoms with Crippen molar-refractivity contribution in [1.82, 2.24) is 0 Å². The lowest BCUT2D eigenvalue weighted by atomic mass is 10.0. The number of phenols is 1. The molecule has 1 atom stereocenters. The van der Waals surface area contributed by atoms with Gasteiger partial charge in [-0.3, -0.25) is 0 Å². The molecular weight excluding hydrogens is 212 g/mol. The topological polar surface area (TPSA) is 29.5 Å².